The van der Waals surface area contributed by atoms with Crippen LogP contribution in [0.4, 0.5) is 4.79 Å². The third-order valence-corrected chi connectivity index (χ3v) is 5.56. The van der Waals surface area contributed by atoms with E-state index in [0.29, 0.717) is 13.1 Å². The molecule has 2 aliphatic rings. The van der Waals surface area contributed by atoms with E-state index in [1.54, 1.807) is 20.8 Å². The molecular weight excluding hydrogens is 256 g/mol. The molecule has 0 saturated carbocycles. The van der Waals surface area contributed by atoms with Crippen LogP contribution in [0, 0.1) is 5.92 Å². The van der Waals surface area contributed by atoms with Gasteiger partial charge < -0.3 is 15.4 Å². The predicted octanol–water partition coefficient (Wildman–Crippen LogP) is -0.104. The van der Waals surface area contributed by atoms with Crippen molar-refractivity contribution in [3.05, 3.63) is 0 Å². The summed E-state index contributed by atoms with van der Waals surface area (Å²) in [5.74, 6) is -0.0222. The molecule has 2 rings (SSSR count). The lowest BCUT2D eigenvalue weighted by Gasteiger charge is -2.23. The van der Waals surface area contributed by atoms with Gasteiger partial charge in [-0.3, -0.25) is 0 Å². The van der Waals surface area contributed by atoms with E-state index in [0.717, 1.165) is 0 Å². The quantitative estimate of drug-likeness (QED) is 0.698. The van der Waals surface area contributed by atoms with Crippen LogP contribution in [0.1, 0.15) is 20.8 Å². The van der Waals surface area contributed by atoms with E-state index in [1.807, 2.05) is 0 Å². The van der Waals surface area contributed by atoms with Crippen LogP contribution < -0.4 is 10.6 Å². The minimum atomic E-state index is -3.10. The number of hydrogen-bond acceptors (Lipinski definition) is 5. The lowest BCUT2D eigenvalue weighted by molar-refractivity contribution is 0.0499. The van der Waals surface area contributed by atoms with E-state index < -0.39 is 21.5 Å². The molecule has 6 nitrogen and oxygen atoms in total. The standard InChI is InChI=1S/C11H20N2O4S/c1-11(2,3)17-10(14)13-8-6-18(15,16)9-5-12-4-7(8)9/h7-9,12H,4-6H2,1-3H3,(H,13,14). The Hall–Kier alpha value is -0.820. The van der Waals surface area contributed by atoms with Crippen LogP contribution in [0.3, 0.4) is 0 Å². The Balaban J connectivity index is 2.01. The van der Waals surface area contributed by atoms with Gasteiger partial charge in [0.15, 0.2) is 9.84 Å². The summed E-state index contributed by atoms with van der Waals surface area (Å²) in [4.78, 5) is 11.7. The van der Waals surface area contributed by atoms with Crippen LogP contribution >= 0.6 is 0 Å². The van der Waals surface area contributed by atoms with Crippen molar-refractivity contribution in [1.82, 2.24) is 10.6 Å². The van der Waals surface area contributed by atoms with Gasteiger partial charge in [0.2, 0.25) is 0 Å². The molecule has 0 aromatic carbocycles. The molecule has 2 heterocycles. The van der Waals surface area contributed by atoms with Crippen molar-refractivity contribution in [3.8, 4) is 0 Å². The number of nitrogens with one attached hydrogen (secondary N) is 2. The van der Waals surface area contributed by atoms with E-state index in [2.05, 4.69) is 10.6 Å². The summed E-state index contributed by atoms with van der Waals surface area (Å²) in [6, 6.07) is -0.343. The van der Waals surface area contributed by atoms with Gasteiger partial charge in [0.1, 0.15) is 5.60 Å². The minimum Gasteiger partial charge on any atom is -0.444 e. The number of carbonyl (C=O) groups excluding carboxylic acids is 1. The molecule has 3 unspecified atom stereocenters. The molecule has 0 spiro atoms. The van der Waals surface area contributed by atoms with Gasteiger partial charge in [-0.25, -0.2) is 13.2 Å². The number of carbonyl (C=O) groups is 1. The van der Waals surface area contributed by atoms with E-state index in [-0.39, 0.29) is 23.0 Å². The van der Waals surface area contributed by atoms with Crippen LogP contribution in [0.5, 0.6) is 0 Å². The molecule has 3 atom stereocenters. The topological polar surface area (TPSA) is 84.5 Å². The van der Waals surface area contributed by atoms with Crippen LogP contribution in [-0.4, -0.2) is 50.2 Å². The monoisotopic (exact) mass is 276 g/mol. The minimum absolute atomic E-state index is 0.0171. The second-order valence-electron chi connectivity index (χ2n) is 5.94. The number of hydrogen-bond donors (Lipinski definition) is 2. The molecule has 2 saturated heterocycles. The molecule has 2 fully saturated rings. The zero-order chi connectivity index (χ0) is 13.6. The maximum Gasteiger partial charge on any atom is 0.407 e. The highest BCUT2D eigenvalue weighted by atomic mass is 32.2. The Morgan fingerprint density at radius 2 is 2.00 bits per heavy atom. The molecule has 104 valence electrons. The van der Waals surface area contributed by atoms with Crippen molar-refractivity contribution in [2.75, 3.05) is 18.8 Å². The zero-order valence-electron chi connectivity index (χ0n) is 10.9. The van der Waals surface area contributed by atoms with E-state index in [9.17, 15) is 13.2 Å². The molecular formula is C11H20N2O4S. The number of alkyl carbamates (subject to hydrolysis) is 1. The molecule has 0 aliphatic carbocycles. The highest BCUT2D eigenvalue weighted by Crippen LogP contribution is 2.30. The van der Waals surface area contributed by atoms with E-state index in [1.165, 1.54) is 0 Å². The van der Waals surface area contributed by atoms with Crippen molar-refractivity contribution in [3.63, 3.8) is 0 Å². The second kappa shape index (κ2) is 4.38. The van der Waals surface area contributed by atoms with Crippen LogP contribution in [0.15, 0.2) is 0 Å². The summed E-state index contributed by atoms with van der Waals surface area (Å²) in [5, 5.41) is 5.38. The van der Waals surface area contributed by atoms with Crippen LogP contribution in [0.2, 0.25) is 0 Å². The smallest absolute Gasteiger partial charge is 0.407 e. The summed E-state index contributed by atoms with van der Waals surface area (Å²) in [7, 11) is -3.10. The third-order valence-electron chi connectivity index (χ3n) is 3.30. The first-order valence-corrected chi connectivity index (χ1v) is 7.82. The van der Waals surface area contributed by atoms with E-state index >= 15 is 0 Å². The summed E-state index contributed by atoms with van der Waals surface area (Å²) in [6.07, 6.45) is -0.546. The Morgan fingerprint density at radius 3 is 2.61 bits per heavy atom. The van der Waals surface area contributed by atoms with Crippen LogP contribution in [-0.2, 0) is 14.6 Å². The maximum absolute atomic E-state index is 11.9. The molecule has 0 aromatic heterocycles. The van der Waals surface area contributed by atoms with Crippen molar-refractivity contribution in [2.24, 2.45) is 5.92 Å². The summed E-state index contributed by atoms with van der Waals surface area (Å²) < 4.78 is 28.9. The third kappa shape index (κ3) is 2.77. The van der Waals surface area contributed by atoms with Crippen molar-refractivity contribution < 1.29 is 17.9 Å². The average molecular weight is 276 g/mol. The molecule has 0 bridgehead atoms. The molecule has 7 heteroatoms. The lowest BCUT2D eigenvalue weighted by Crippen LogP contribution is -2.44. The number of fused-ring (bicyclic) bond motifs is 1. The molecule has 18 heavy (non-hydrogen) atoms. The van der Waals surface area contributed by atoms with E-state index in [4.69, 9.17) is 4.74 Å². The van der Waals surface area contributed by atoms with Gasteiger partial charge in [-0.1, -0.05) is 0 Å². The van der Waals surface area contributed by atoms with Gasteiger partial charge in [-0.2, -0.15) is 0 Å². The van der Waals surface area contributed by atoms with Crippen molar-refractivity contribution >= 4 is 15.9 Å². The molecule has 1 amide bonds. The first-order chi connectivity index (χ1) is 8.19. The fourth-order valence-corrected chi connectivity index (χ4v) is 4.84. The van der Waals surface area contributed by atoms with Gasteiger partial charge in [-0.05, 0) is 20.8 Å². The molecule has 0 radical (unpaired) electrons. The van der Waals surface area contributed by atoms with Crippen molar-refractivity contribution in [1.29, 1.82) is 0 Å². The van der Waals surface area contributed by atoms with Gasteiger partial charge >= 0.3 is 6.09 Å². The summed E-state index contributed by atoms with van der Waals surface area (Å²) in [6.45, 7) is 6.44. The Bertz CT molecular complexity index is 440. The average Bonchev–Trinajstić information content (AvgIpc) is 2.67. The first kappa shape index (κ1) is 13.6. The first-order valence-electron chi connectivity index (χ1n) is 6.11. The lowest BCUT2D eigenvalue weighted by atomic mass is 10.0. The van der Waals surface area contributed by atoms with Crippen LogP contribution in [0.25, 0.3) is 0 Å². The Labute approximate surface area is 107 Å². The highest BCUT2D eigenvalue weighted by Gasteiger charge is 2.50. The van der Waals surface area contributed by atoms with Gasteiger partial charge in [-0.15, -0.1) is 0 Å². The van der Waals surface area contributed by atoms with Gasteiger partial charge in [0.05, 0.1) is 17.0 Å². The number of rotatable bonds is 1. The summed E-state index contributed by atoms with van der Waals surface area (Å²) >= 11 is 0. The largest absolute Gasteiger partial charge is 0.444 e. The second-order valence-corrected chi connectivity index (χ2v) is 8.21. The zero-order valence-corrected chi connectivity index (χ0v) is 11.7. The number of ether oxygens (including phenoxy) is 1. The Kier molecular flexibility index (Phi) is 3.31. The number of sulfone groups is 1. The fourth-order valence-electron chi connectivity index (χ4n) is 2.57. The normalized spacial score (nSPS) is 34.1. The Morgan fingerprint density at radius 1 is 1.33 bits per heavy atom. The SMILES string of the molecule is CC(C)(C)OC(=O)NC1CS(=O)(=O)C2CNCC12. The molecule has 2 N–H and O–H groups in total. The highest BCUT2D eigenvalue weighted by molar-refractivity contribution is 7.92. The predicted molar refractivity (Wildman–Crippen MR) is 67.1 cm³/mol. The van der Waals surface area contributed by atoms with Gasteiger partial charge in [0, 0.05) is 19.0 Å². The molecule has 0 aromatic rings. The maximum atomic E-state index is 11.9. The molecule has 2 aliphatic heterocycles. The fraction of sp³-hybridized carbons (Fsp3) is 0.909. The summed E-state index contributed by atoms with van der Waals surface area (Å²) in [5.41, 5.74) is -0.575. The van der Waals surface area contributed by atoms with Gasteiger partial charge in [0.25, 0.3) is 0 Å². The van der Waals surface area contributed by atoms with Crippen molar-refractivity contribution in [2.45, 2.75) is 37.7 Å². The number of amides is 1.